The Kier molecular flexibility index (Phi) is 3.89. The Labute approximate surface area is 111 Å². The van der Waals surface area contributed by atoms with E-state index in [-0.39, 0.29) is 11.9 Å². The molecule has 6 nitrogen and oxygen atoms in total. The zero-order valence-electron chi connectivity index (χ0n) is 10.8. The fraction of sp³-hybridized carbons (Fsp3) is 0.385. The summed E-state index contributed by atoms with van der Waals surface area (Å²) >= 11 is 0. The molecule has 1 saturated carbocycles. The highest BCUT2D eigenvalue weighted by molar-refractivity contribution is 5.93. The van der Waals surface area contributed by atoms with Crippen LogP contribution in [0.15, 0.2) is 24.3 Å². The number of rotatable bonds is 4. The molecule has 0 aromatic heterocycles. The van der Waals surface area contributed by atoms with Gasteiger partial charge in [0.25, 0.3) is 0 Å². The Bertz CT molecular complexity index is 485. The molecule has 1 aliphatic rings. The molecule has 6 heteroatoms. The van der Waals surface area contributed by atoms with Crippen molar-refractivity contribution >= 4 is 23.3 Å². The van der Waals surface area contributed by atoms with Crippen LogP contribution in [0.5, 0.6) is 0 Å². The summed E-state index contributed by atoms with van der Waals surface area (Å²) in [4.78, 5) is 23.4. The lowest BCUT2D eigenvalue weighted by molar-refractivity contribution is -0.122. The van der Waals surface area contributed by atoms with Gasteiger partial charge in [0.1, 0.15) is 6.04 Å². The predicted octanol–water partition coefficient (Wildman–Crippen LogP) is 1.06. The lowest BCUT2D eigenvalue weighted by Crippen LogP contribution is -2.46. The first-order chi connectivity index (χ1) is 9.04. The lowest BCUT2D eigenvalue weighted by Gasteiger charge is -2.14. The van der Waals surface area contributed by atoms with Crippen LogP contribution in [-0.2, 0) is 4.79 Å². The van der Waals surface area contributed by atoms with Gasteiger partial charge < -0.3 is 21.7 Å². The smallest absolute Gasteiger partial charge is 0.319 e. The van der Waals surface area contributed by atoms with Crippen LogP contribution in [0.3, 0.4) is 0 Å². The van der Waals surface area contributed by atoms with Gasteiger partial charge in [-0.05, 0) is 38.0 Å². The van der Waals surface area contributed by atoms with Crippen LogP contribution >= 0.6 is 0 Å². The van der Waals surface area contributed by atoms with Crippen LogP contribution < -0.4 is 21.7 Å². The third-order valence-electron chi connectivity index (χ3n) is 2.81. The standard InChI is InChI=1S/C13H18N4O2/c1-8(12(18)16-10-5-6-10)15-13(19)17-11-4-2-3-9(14)7-11/h2-4,7-8,10H,5-6,14H2,1H3,(H,16,18)(H2,15,17,19). The van der Waals surface area contributed by atoms with Crippen LogP contribution in [0, 0.1) is 0 Å². The van der Waals surface area contributed by atoms with Crippen molar-refractivity contribution in [2.24, 2.45) is 0 Å². The number of hydrogen-bond donors (Lipinski definition) is 4. The van der Waals surface area contributed by atoms with Crippen LogP contribution in [0.2, 0.25) is 0 Å². The third-order valence-corrected chi connectivity index (χ3v) is 2.81. The SMILES string of the molecule is CC(NC(=O)Nc1cccc(N)c1)C(=O)NC1CC1. The van der Waals surface area contributed by atoms with E-state index < -0.39 is 12.1 Å². The summed E-state index contributed by atoms with van der Waals surface area (Å²) in [5.41, 5.74) is 6.77. The van der Waals surface area contributed by atoms with Gasteiger partial charge >= 0.3 is 6.03 Å². The molecule has 3 amide bonds. The molecular formula is C13H18N4O2. The molecule has 102 valence electrons. The van der Waals surface area contributed by atoms with Gasteiger partial charge in [0, 0.05) is 17.4 Å². The van der Waals surface area contributed by atoms with Gasteiger partial charge in [0.05, 0.1) is 0 Å². The molecule has 0 aliphatic heterocycles. The average Bonchev–Trinajstić information content (AvgIpc) is 3.12. The lowest BCUT2D eigenvalue weighted by atomic mass is 10.3. The first-order valence-corrected chi connectivity index (χ1v) is 6.28. The second-order valence-corrected chi connectivity index (χ2v) is 4.73. The minimum Gasteiger partial charge on any atom is -0.399 e. The van der Waals surface area contributed by atoms with Gasteiger partial charge in [-0.15, -0.1) is 0 Å². The second-order valence-electron chi connectivity index (χ2n) is 4.73. The van der Waals surface area contributed by atoms with Crippen molar-refractivity contribution < 1.29 is 9.59 Å². The van der Waals surface area contributed by atoms with Crippen molar-refractivity contribution in [3.8, 4) is 0 Å². The topological polar surface area (TPSA) is 96.2 Å². The summed E-state index contributed by atoms with van der Waals surface area (Å²) in [7, 11) is 0. The number of carbonyl (C=O) groups excluding carboxylic acids is 2. The van der Waals surface area contributed by atoms with E-state index in [0.717, 1.165) is 12.8 Å². The van der Waals surface area contributed by atoms with Gasteiger partial charge in [-0.2, -0.15) is 0 Å². The van der Waals surface area contributed by atoms with Crippen LogP contribution in [0.25, 0.3) is 0 Å². The quantitative estimate of drug-likeness (QED) is 0.611. The first kappa shape index (κ1) is 13.2. The number of anilines is 2. The van der Waals surface area contributed by atoms with E-state index in [1.165, 1.54) is 0 Å². The maximum absolute atomic E-state index is 11.7. The molecule has 0 bridgehead atoms. The average molecular weight is 262 g/mol. The number of benzene rings is 1. The molecule has 0 radical (unpaired) electrons. The number of amides is 3. The molecule has 1 fully saturated rings. The summed E-state index contributed by atoms with van der Waals surface area (Å²) < 4.78 is 0. The fourth-order valence-electron chi connectivity index (χ4n) is 1.60. The Morgan fingerprint density at radius 3 is 2.74 bits per heavy atom. The molecular weight excluding hydrogens is 244 g/mol. The Morgan fingerprint density at radius 2 is 2.11 bits per heavy atom. The van der Waals surface area contributed by atoms with Crippen LogP contribution in [-0.4, -0.2) is 24.0 Å². The van der Waals surface area contributed by atoms with E-state index in [9.17, 15) is 9.59 Å². The number of urea groups is 1. The van der Waals surface area contributed by atoms with Crippen molar-refractivity contribution in [2.45, 2.75) is 31.8 Å². The fourth-order valence-corrected chi connectivity index (χ4v) is 1.60. The molecule has 1 aromatic carbocycles. The molecule has 0 saturated heterocycles. The van der Waals surface area contributed by atoms with E-state index >= 15 is 0 Å². The minimum atomic E-state index is -0.568. The number of nitrogens with one attached hydrogen (secondary N) is 3. The summed E-state index contributed by atoms with van der Waals surface area (Å²) in [6.45, 7) is 1.65. The highest BCUT2D eigenvalue weighted by Crippen LogP contribution is 2.18. The summed E-state index contributed by atoms with van der Waals surface area (Å²) in [5.74, 6) is -0.162. The largest absolute Gasteiger partial charge is 0.399 e. The maximum Gasteiger partial charge on any atom is 0.319 e. The normalized spacial score (nSPS) is 15.4. The first-order valence-electron chi connectivity index (χ1n) is 6.28. The Balaban J connectivity index is 1.81. The van der Waals surface area contributed by atoms with Crippen LogP contribution in [0.1, 0.15) is 19.8 Å². The second kappa shape index (κ2) is 5.60. The molecule has 5 N–H and O–H groups in total. The molecule has 1 aromatic rings. The van der Waals surface area contributed by atoms with Crippen molar-refractivity contribution in [1.82, 2.24) is 10.6 Å². The maximum atomic E-state index is 11.7. The molecule has 2 rings (SSSR count). The van der Waals surface area contributed by atoms with Gasteiger partial charge in [-0.25, -0.2) is 4.79 Å². The van der Waals surface area contributed by atoms with E-state index in [2.05, 4.69) is 16.0 Å². The van der Waals surface area contributed by atoms with Gasteiger partial charge in [-0.3, -0.25) is 4.79 Å². The zero-order chi connectivity index (χ0) is 13.8. The summed E-state index contributed by atoms with van der Waals surface area (Å²) in [6.07, 6.45) is 2.04. The van der Waals surface area contributed by atoms with Crippen molar-refractivity contribution in [3.63, 3.8) is 0 Å². The van der Waals surface area contributed by atoms with Gasteiger partial charge in [0.2, 0.25) is 5.91 Å². The predicted molar refractivity (Wildman–Crippen MR) is 73.6 cm³/mol. The highest BCUT2D eigenvalue weighted by atomic mass is 16.2. The third kappa shape index (κ3) is 4.17. The Hall–Kier alpha value is -2.24. The molecule has 1 atom stereocenters. The van der Waals surface area contributed by atoms with Crippen molar-refractivity contribution in [3.05, 3.63) is 24.3 Å². The van der Waals surface area contributed by atoms with Crippen LogP contribution in [0.4, 0.5) is 16.2 Å². The summed E-state index contributed by atoms with van der Waals surface area (Å²) in [5, 5.41) is 8.04. The number of nitrogen functional groups attached to an aromatic ring is 1. The zero-order valence-corrected chi connectivity index (χ0v) is 10.8. The van der Waals surface area contributed by atoms with Crippen molar-refractivity contribution in [2.75, 3.05) is 11.1 Å². The Morgan fingerprint density at radius 1 is 1.37 bits per heavy atom. The van der Waals surface area contributed by atoms with E-state index in [0.29, 0.717) is 11.4 Å². The molecule has 1 aliphatic carbocycles. The van der Waals surface area contributed by atoms with Gasteiger partial charge in [-0.1, -0.05) is 6.07 Å². The molecule has 0 spiro atoms. The van der Waals surface area contributed by atoms with E-state index in [1.54, 1.807) is 31.2 Å². The minimum absolute atomic E-state index is 0.162. The van der Waals surface area contributed by atoms with E-state index in [4.69, 9.17) is 5.73 Å². The van der Waals surface area contributed by atoms with Gasteiger partial charge in [0.15, 0.2) is 0 Å². The van der Waals surface area contributed by atoms with Crippen molar-refractivity contribution in [1.29, 1.82) is 0 Å². The number of hydrogen-bond acceptors (Lipinski definition) is 3. The summed E-state index contributed by atoms with van der Waals surface area (Å²) in [6, 6.07) is 6.14. The molecule has 1 unspecified atom stereocenters. The number of nitrogens with two attached hydrogens (primary N) is 1. The number of carbonyl (C=O) groups is 2. The molecule has 0 heterocycles. The monoisotopic (exact) mass is 262 g/mol. The molecule has 19 heavy (non-hydrogen) atoms. The highest BCUT2D eigenvalue weighted by Gasteiger charge is 2.26. The van der Waals surface area contributed by atoms with E-state index in [1.807, 2.05) is 0 Å².